The lowest BCUT2D eigenvalue weighted by atomic mass is 10.1. The van der Waals surface area contributed by atoms with Crippen molar-refractivity contribution in [3.05, 3.63) is 70.8 Å². The Morgan fingerprint density at radius 1 is 1.14 bits per heavy atom. The highest BCUT2D eigenvalue weighted by Gasteiger charge is 2.04. The number of nitrogens with one attached hydrogen (secondary N) is 1. The molecule has 0 spiro atoms. The summed E-state index contributed by atoms with van der Waals surface area (Å²) >= 11 is 0. The van der Waals surface area contributed by atoms with Gasteiger partial charge in [0.25, 0.3) is 0 Å². The van der Waals surface area contributed by atoms with Crippen LogP contribution in [0.5, 0.6) is 0 Å². The summed E-state index contributed by atoms with van der Waals surface area (Å²) in [5, 5.41) is 14.6. The molecule has 4 nitrogen and oxygen atoms in total. The van der Waals surface area contributed by atoms with Gasteiger partial charge in [-0.05, 0) is 17.7 Å². The molecule has 21 heavy (non-hydrogen) atoms. The van der Waals surface area contributed by atoms with E-state index in [2.05, 4.69) is 10.5 Å². The number of oxime groups is 1. The van der Waals surface area contributed by atoms with Crippen LogP contribution in [0.3, 0.4) is 0 Å². The van der Waals surface area contributed by atoms with Gasteiger partial charge in [-0.2, -0.15) is 0 Å². The first kappa shape index (κ1) is 14.9. The van der Waals surface area contributed by atoms with Crippen molar-refractivity contribution >= 4 is 5.84 Å². The molecule has 0 fully saturated rings. The molecule has 2 aromatic carbocycles. The zero-order chi connectivity index (χ0) is 15.2. The largest absolute Gasteiger partial charge is 0.409 e. The average Bonchev–Trinajstić information content (AvgIpc) is 2.49. The molecule has 4 N–H and O–H groups in total. The van der Waals surface area contributed by atoms with E-state index >= 15 is 0 Å². The van der Waals surface area contributed by atoms with Crippen LogP contribution in [-0.2, 0) is 13.1 Å². The molecule has 0 saturated carbocycles. The first-order chi connectivity index (χ1) is 10.1. The fourth-order valence-corrected chi connectivity index (χ4v) is 1.90. The van der Waals surface area contributed by atoms with Crippen LogP contribution in [0.25, 0.3) is 0 Å². The van der Waals surface area contributed by atoms with E-state index in [0.717, 1.165) is 11.6 Å². The monoisotopic (exact) mass is 291 g/mol. The van der Waals surface area contributed by atoms with Crippen molar-refractivity contribution in [2.24, 2.45) is 10.9 Å². The van der Waals surface area contributed by atoms with E-state index in [1.54, 1.807) is 18.2 Å². The number of nitrogens with two attached hydrogens (primary N) is 1. The van der Waals surface area contributed by atoms with Gasteiger partial charge in [0.1, 0.15) is 11.6 Å². The number of hydrogen-bond donors (Lipinski definition) is 3. The summed E-state index contributed by atoms with van der Waals surface area (Å²) in [5.74, 6) is -1.14. The van der Waals surface area contributed by atoms with Crippen LogP contribution in [-0.4, -0.2) is 11.0 Å². The summed E-state index contributed by atoms with van der Waals surface area (Å²) in [4.78, 5) is 0. The Morgan fingerprint density at radius 3 is 2.67 bits per heavy atom. The molecular weight excluding hydrogens is 276 g/mol. The fourth-order valence-electron chi connectivity index (χ4n) is 1.90. The number of benzene rings is 2. The molecule has 0 unspecified atom stereocenters. The summed E-state index contributed by atoms with van der Waals surface area (Å²) in [6, 6.07) is 10.6. The number of rotatable bonds is 5. The van der Waals surface area contributed by atoms with Crippen molar-refractivity contribution in [1.29, 1.82) is 0 Å². The van der Waals surface area contributed by atoms with Crippen molar-refractivity contribution < 1.29 is 14.0 Å². The van der Waals surface area contributed by atoms with Gasteiger partial charge in [0.05, 0.1) is 0 Å². The predicted octanol–water partition coefficient (Wildman–Crippen LogP) is 2.35. The molecule has 0 bridgehead atoms. The van der Waals surface area contributed by atoms with Crippen molar-refractivity contribution in [3.63, 3.8) is 0 Å². The van der Waals surface area contributed by atoms with Crippen molar-refractivity contribution in [2.45, 2.75) is 13.1 Å². The van der Waals surface area contributed by atoms with Gasteiger partial charge >= 0.3 is 0 Å². The van der Waals surface area contributed by atoms with Gasteiger partial charge in [-0.1, -0.05) is 29.4 Å². The number of nitrogens with zero attached hydrogens (tertiary/aromatic N) is 1. The Kier molecular flexibility index (Phi) is 4.84. The lowest BCUT2D eigenvalue weighted by molar-refractivity contribution is 0.318. The first-order valence-corrected chi connectivity index (χ1v) is 6.31. The van der Waals surface area contributed by atoms with Gasteiger partial charge in [-0.15, -0.1) is 0 Å². The smallest absolute Gasteiger partial charge is 0.170 e. The Morgan fingerprint density at radius 2 is 1.95 bits per heavy atom. The van der Waals surface area contributed by atoms with Crippen LogP contribution in [0.4, 0.5) is 8.78 Å². The molecule has 6 heteroatoms. The molecule has 0 amide bonds. The summed E-state index contributed by atoms with van der Waals surface area (Å²) in [7, 11) is 0. The van der Waals surface area contributed by atoms with E-state index in [1.807, 2.05) is 6.07 Å². The SMILES string of the molecule is NC(=NO)c1cccc(CNCc2ccc(F)cc2F)c1. The molecular formula is C15H15F2N3O. The molecule has 0 aliphatic rings. The summed E-state index contributed by atoms with van der Waals surface area (Å²) < 4.78 is 26.2. The Labute approximate surface area is 120 Å². The van der Waals surface area contributed by atoms with Crippen LogP contribution in [0.15, 0.2) is 47.6 Å². The minimum atomic E-state index is -0.595. The maximum Gasteiger partial charge on any atom is 0.170 e. The van der Waals surface area contributed by atoms with Crippen LogP contribution >= 0.6 is 0 Å². The van der Waals surface area contributed by atoms with Crippen LogP contribution in [0.1, 0.15) is 16.7 Å². The minimum absolute atomic E-state index is 0.0291. The molecule has 0 atom stereocenters. The molecule has 0 saturated heterocycles. The van der Waals surface area contributed by atoms with E-state index in [1.165, 1.54) is 12.1 Å². The van der Waals surface area contributed by atoms with Gasteiger partial charge in [0, 0.05) is 30.3 Å². The zero-order valence-corrected chi connectivity index (χ0v) is 11.2. The Bertz CT molecular complexity index is 659. The van der Waals surface area contributed by atoms with Crippen LogP contribution in [0, 0.1) is 11.6 Å². The second-order valence-corrected chi connectivity index (χ2v) is 4.52. The standard InChI is InChI=1S/C15H15F2N3O/c16-13-5-4-12(14(17)7-13)9-19-8-10-2-1-3-11(6-10)15(18)20-21/h1-7,19,21H,8-9H2,(H2,18,20). The second kappa shape index (κ2) is 6.81. The fraction of sp³-hybridized carbons (Fsp3) is 0.133. The van der Waals surface area contributed by atoms with E-state index in [4.69, 9.17) is 10.9 Å². The van der Waals surface area contributed by atoms with Crippen LogP contribution in [0.2, 0.25) is 0 Å². The third-order valence-corrected chi connectivity index (χ3v) is 2.99. The highest BCUT2D eigenvalue weighted by molar-refractivity contribution is 5.97. The van der Waals surface area contributed by atoms with Crippen LogP contribution < -0.4 is 11.1 Å². The number of halogens is 2. The van der Waals surface area contributed by atoms with Gasteiger partial charge in [-0.25, -0.2) is 8.78 Å². The number of amidine groups is 1. The van der Waals surface area contributed by atoms with Gasteiger partial charge in [0.2, 0.25) is 0 Å². The third kappa shape index (κ3) is 4.00. The molecule has 0 heterocycles. The van der Waals surface area contributed by atoms with Gasteiger partial charge in [0.15, 0.2) is 5.84 Å². The summed E-state index contributed by atoms with van der Waals surface area (Å²) in [6.07, 6.45) is 0. The second-order valence-electron chi connectivity index (χ2n) is 4.52. The average molecular weight is 291 g/mol. The Balaban J connectivity index is 1.97. The lowest BCUT2D eigenvalue weighted by Crippen LogP contribution is -2.16. The normalized spacial score (nSPS) is 11.6. The minimum Gasteiger partial charge on any atom is -0.409 e. The van der Waals surface area contributed by atoms with E-state index in [9.17, 15) is 8.78 Å². The number of hydrogen-bond acceptors (Lipinski definition) is 3. The molecule has 2 rings (SSSR count). The maximum absolute atomic E-state index is 13.5. The van der Waals surface area contributed by atoms with E-state index in [-0.39, 0.29) is 12.4 Å². The van der Waals surface area contributed by atoms with E-state index < -0.39 is 11.6 Å². The lowest BCUT2D eigenvalue weighted by Gasteiger charge is -2.07. The maximum atomic E-state index is 13.5. The molecule has 2 aromatic rings. The predicted molar refractivity (Wildman–Crippen MR) is 75.9 cm³/mol. The van der Waals surface area contributed by atoms with Gasteiger partial charge < -0.3 is 16.3 Å². The third-order valence-electron chi connectivity index (χ3n) is 2.99. The van der Waals surface area contributed by atoms with Crippen molar-refractivity contribution in [2.75, 3.05) is 0 Å². The summed E-state index contributed by atoms with van der Waals surface area (Å²) in [6.45, 7) is 0.753. The topological polar surface area (TPSA) is 70.6 Å². The highest BCUT2D eigenvalue weighted by Crippen LogP contribution is 2.10. The van der Waals surface area contributed by atoms with E-state index in [0.29, 0.717) is 17.7 Å². The molecule has 110 valence electrons. The molecule has 0 aliphatic carbocycles. The molecule has 0 aromatic heterocycles. The van der Waals surface area contributed by atoms with Crippen molar-refractivity contribution in [1.82, 2.24) is 5.32 Å². The first-order valence-electron chi connectivity index (χ1n) is 6.31. The molecule has 0 radical (unpaired) electrons. The molecule has 0 aliphatic heterocycles. The summed E-state index contributed by atoms with van der Waals surface area (Å²) in [5.41, 5.74) is 7.41. The van der Waals surface area contributed by atoms with Gasteiger partial charge in [-0.3, -0.25) is 0 Å². The quantitative estimate of drug-likeness (QED) is 0.343. The Hall–Kier alpha value is -2.47. The van der Waals surface area contributed by atoms with Crippen molar-refractivity contribution in [3.8, 4) is 0 Å². The zero-order valence-electron chi connectivity index (χ0n) is 11.2. The highest BCUT2D eigenvalue weighted by atomic mass is 19.1.